The summed E-state index contributed by atoms with van der Waals surface area (Å²) < 4.78 is 44.9. The van der Waals surface area contributed by atoms with Crippen LogP contribution in [0.3, 0.4) is 0 Å². The van der Waals surface area contributed by atoms with E-state index in [2.05, 4.69) is 10.3 Å². The highest BCUT2D eigenvalue weighted by atomic mass is 32.1. The van der Waals surface area contributed by atoms with Crippen LogP contribution in [0.4, 0.5) is 18.3 Å². The molecule has 2 aromatic heterocycles. The summed E-state index contributed by atoms with van der Waals surface area (Å²) in [4.78, 5) is 16.6. The van der Waals surface area contributed by atoms with E-state index in [9.17, 15) is 18.0 Å². The third kappa shape index (κ3) is 3.56. The van der Waals surface area contributed by atoms with E-state index < -0.39 is 17.6 Å². The molecule has 0 aliphatic rings. The average Bonchev–Trinajstić information content (AvgIpc) is 3.28. The van der Waals surface area contributed by atoms with Crippen molar-refractivity contribution >= 4 is 32.6 Å². The number of thiazole rings is 1. The minimum Gasteiger partial charge on any atom is -0.451 e. The molecule has 2 aromatic carbocycles. The van der Waals surface area contributed by atoms with Crippen molar-refractivity contribution < 1.29 is 22.4 Å². The summed E-state index contributed by atoms with van der Waals surface area (Å²) in [6, 6.07) is 15.1. The third-order valence-corrected chi connectivity index (χ3v) is 4.77. The second kappa shape index (κ2) is 6.55. The highest BCUT2D eigenvalue weighted by Gasteiger charge is 2.30. The van der Waals surface area contributed by atoms with Crippen molar-refractivity contribution in [3.8, 4) is 11.3 Å². The van der Waals surface area contributed by atoms with Gasteiger partial charge in [-0.3, -0.25) is 10.1 Å². The Hall–Kier alpha value is -3.13. The topological polar surface area (TPSA) is 55.1 Å². The molecule has 0 atom stereocenters. The lowest BCUT2D eigenvalue weighted by Crippen LogP contribution is -2.10. The zero-order valence-electron chi connectivity index (χ0n) is 13.6. The molecule has 0 saturated carbocycles. The summed E-state index contributed by atoms with van der Waals surface area (Å²) in [6.07, 6.45) is -4.45. The number of hydrogen-bond donors (Lipinski definition) is 1. The van der Waals surface area contributed by atoms with E-state index in [0.29, 0.717) is 5.13 Å². The van der Waals surface area contributed by atoms with Gasteiger partial charge in [0, 0.05) is 5.56 Å². The van der Waals surface area contributed by atoms with Crippen LogP contribution in [0.2, 0.25) is 0 Å². The second-order valence-corrected chi connectivity index (χ2v) is 6.71. The van der Waals surface area contributed by atoms with Gasteiger partial charge in [-0.1, -0.05) is 35.6 Å². The molecule has 4 nitrogen and oxygen atoms in total. The quantitative estimate of drug-likeness (QED) is 0.481. The van der Waals surface area contributed by atoms with Gasteiger partial charge in [0.1, 0.15) is 5.76 Å². The maximum Gasteiger partial charge on any atom is 0.416 e. The Morgan fingerprint density at radius 2 is 1.85 bits per heavy atom. The molecule has 0 radical (unpaired) electrons. The third-order valence-electron chi connectivity index (χ3n) is 3.82. The van der Waals surface area contributed by atoms with Crippen molar-refractivity contribution in [2.45, 2.75) is 6.18 Å². The number of rotatable bonds is 3. The first-order valence-corrected chi connectivity index (χ1v) is 8.66. The number of alkyl halides is 3. The normalized spacial score (nSPS) is 11.7. The van der Waals surface area contributed by atoms with Gasteiger partial charge in [-0.05, 0) is 36.4 Å². The predicted molar refractivity (Wildman–Crippen MR) is 96.7 cm³/mol. The number of furan rings is 1. The monoisotopic (exact) mass is 388 g/mol. The molecule has 1 N–H and O–H groups in total. The van der Waals surface area contributed by atoms with Gasteiger partial charge in [-0.2, -0.15) is 13.2 Å². The van der Waals surface area contributed by atoms with Crippen molar-refractivity contribution in [2.75, 3.05) is 5.32 Å². The van der Waals surface area contributed by atoms with Crippen molar-refractivity contribution in [1.82, 2.24) is 4.98 Å². The number of nitrogens with zero attached hydrogens (tertiary/aromatic N) is 1. The SMILES string of the molecule is O=C(Nc1nc2ccccc2s1)c1ccc(-c2cccc(C(F)(F)F)c2)o1. The van der Waals surface area contributed by atoms with Crippen LogP contribution in [-0.4, -0.2) is 10.9 Å². The van der Waals surface area contributed by atoms with E-state index >= 15 is 0 Å². The number of halogens is 3. The zero-order valence-corrected chi connectivity index (χ0v) is 14.4. The highest BCUT2D eigenvalue weighted by molar-refractivity contribution is 7.22. The Morgan fingerprint density at radius 3 is 2.63 bits per heavy atom. The lowest BCUT2D eigenvalue weighted by atomic mass is 10.1. The summed E-state index contributed by atoms with van der Waals surface area (Å²) >= 11 is 1.32. The zero-order chi connectivity index (χ0) is 19.0. The van der Waals surface area contributed by atoms with Crippen LogP contribution in [0.1, 0.15) is 16.1 Å². The Bertz CT molecular complexity index is 1100. The number of carbonyl (C=O) groups is 1. The molecule has 0 bridgehead atoms. The number of benzene rings is 2. The fourth-order valence-corrected chi connectivity index (χ4v) is 3.41. The Morgan fingerprint density at radius 1 is 1.04 bits per heavy atom. The number of amides is 1. The van der Waals surface area contributed by atoms with Crippen LogP contribution in [-0.2, 0) is 6.18 Å². The number of fused-ring (bicyclic) bond motifs is 1. The molecule has 4 aromatic rings. The fourth-order valence-electron chi connectivity index (χ4n) is 2.55. The van der Waals surface area contributed by atoms with Crippen LogP contribution in [0.5, 0.6) is 0 Å². The first kappa shape index (κ1) is 17.3. The maximum absolute atomic E-state index is 12.8. The van der Waals surface area contributed by atoms with Crippen molar-refractivity contribution in [2.24, 2.45) is 0 Å². The second-order valence-electron chi connectivity index (χ2n) is 5.68. The standard InChI is InChI=1S/C19H11F3N2O2S/c20-19(21,22)12-5-3-4-11(10-12)14-8-9-15(26-14)17(25)24-18-23-13-6-1-2-7-16(13)27-18/h1-10H,(H,23,24,25). The van der Waals surface area contributed by atoms with E-state index in [1.807, 2.05) is 24.3 Å². The van der Waals surface area contributed by atoms with Crippen LogP contribution in [0, 0.1) is 0 Å². The number of nitrogens with one attached hydrogen (secondary N) is 1. The van der Waals surface area contributed by atoms with Crippen molar-refractivity contribution in [1.29, 1.82) is 0 Å². The predicted octanol–water partition coefficient (Wildman–Crippen LogP) is 5.83. The molecule has 1 amide bonds. The van der Waals surface area contributed by atoms with E-state index in [1.165, 1.54) is 35.6 Å². The van der Waals surface area contributed by atoms with Gasteiger partial charge >= 0.3 is 6.18 Å². The molecule has 2 heterocycles. The minimum atomic E-state index is -4.45. The first-order valence-electron chi connectivity index (χ1n) is 7.84. The van der Waals surface area contributed by atoms with E-state index in [-0.39, 0.29) is 17.1 Å². The van der Waals surface area contributed by atoms with Gasteiger partial charge in [0.2, 0.25) is 0 Å². The van der Waals surface area contributed by atoms with E-state index in [0.717, 1.165) is 22.3 Å². The molecular formula is C19H11F3N2O2S. The van der Waals surface area contributed by atoms with Crippen LogP contribution < -0.4 is 5.32 Å². The molecule has 0 spiro atoms. The van der Waals surface area contributed by atoms with Crippen molar-refractivity contribution in [3.63, 3.8) is 0 Å². The molecule has 0 aliphatic carbocycles. The Balaban J connectivity index is 1.56. The first-order chi connectivity index (χ1) is 12.9. The number of aromatic nitrogens is 1. The molecule has 0 saturated heterocycles. The van der Waals surface area contributed by atoms with Crippen LogP contribution in [0.15, 0.2) is 65.1 Å². The minimum absolute atomic E-state index is 0.0123. The number of para-hydroxylation sites is 1. The Labute approximate surface area is 155 Å². The molecular weight excluding hydrogens is 377 g/mol. The molecule has 8 heteroatoms. The van der Waals surface area contributed by atoms with Crippen molar-refractivity contribution in [3.05, 3.63) is 72.0 Å². The number of carbonyl (C=O) groups excluding carboxylic acids is 1. The molecule has 4 rings (SSSR count). The van der Waals surface area contributed by atoms with E-state index in [1.54, 1.807) is 0 Å². The van der Waals surface area contributed by atoms with Crippen LogP contribution in [0.25, 0.3) is 21.5 Å². The largest absolute Gasteiger partial charge is 0.451 e. The van der Waals surface area contributed by atoms with Gasteiger partial charge in [0.25, 0.3) is 5.91 Å². The smallest absolute Gasteiger partial charge is 0.416 e. The highest BCUT2D eigenvalue weighted by Crippen LogP contribution is 2.33. The van der Waals surface area contributed by atoms with Gasteiger partial charge in [-0.25, -0.2) is 4.98 Å². The summed E-state index contributed by atoms with van der Waals surface area (Å²) in [5.74, 6) is -0.357. The summed E-state index contributed by atoms with van der Waals surface area (Å²) in [6.45, 7) is 0. The lowest BCUT2D eigenvalue weighted by molar-refractivity contribution is -0.137. The van der Waals surface area contributed by atoms with Gasteiger partial charge in [-0.15, -0.1) is 0 Å². The molecule has 0 fully saturated rings. The van der Waals surface area contributed by atoms with Gasteiger partial charge in [0.15, 0.2) is 10.9 Å². The molecule has 0 aliphatic heterocycles. The molecule has 136 valence electrons. The molecule has 0 unspecified atom stereocenters. The maximum atomic E-state index is 12.8. The van der Waals surface area contributed by atoms with E-state index in [4.69, 9.17) is 4.42 Å². The lowest BCUT2D eigenvalue weighted by Gasteiger charge is -2.07. The van der Waals surface area contributed by atoms with Crippen LogP contribution >= 0.6 is 11.3 Å². The van der Waals surface area contributed by atoms with Gasteiger partial charge in [0.05, 0.1) is 15.8 Å². The number of hydrogen-bond acceptors (Lipinski definition) is 4. The summed E-state index contributed by atoms with van der Waals surface area (Å²) in [5.41, 5.74) is 0.225. The summed E-state index contributed by atoms with van der Waals surface area (Å²) in [7, 11) is 0. The number of anilines is 1. The average molecular weight is 388 g/mol. The molecule has 27 heavy (non-hydrogen) atoms. The summed E-state index contributed by atoms with van der Waals surface area (Å²) in [5, 5.41) is 3.06. The fraction of sp³-hybridized carbons (Fsp3) is 0.0526. The van der Waals surface area contributed by atoms with Gasteiger partial charge < -0.3 is 4.42 Å². The Kier molecular flexibility index (Phi) is 4.19.